The van der Waals surface area contributed by atoms with E-state index in [0.717, 1.165) is 43.8 Å². The van der Waals surface area contributed by atoms with Gasteiger partial charge in [0.1, 0.15) is 11.9 Å². The zero-order valence-corrected chi connectivity index (χ0v) is 15.6. The van der Waals surface area contributed by atoms with Crippen LogP contribution in [-0.2, 0) is 4.79 Å². The van der Waals surface area contributed by atoms with Crippen LogP contribution in [0.5, 0.6) is 0 Å². The summed E-state index contributed by atoms with van der Waals surface area (Å²) in [4.78, 5) is 21.9. The maximum atomic E-state index is 11.2. The Hall–Kier alpha value is -2.20. The maximum absolute atomic E-state index is 11.2. The summed E-state index contributed by atoms with van der Waals surface area (Å²) in [6.07, 6.45) is 8.83. The van der Waals surface area contributed by atoms with E-state index in [-0.39, 0.29) is 5.63 Å². The van der Waals surface area contributed by atoms with Gasteiger partial charge in [-0.05, 0) is 37.3 Å². The predicted octanol–water partition coefficient (Wildman–Crippen LogP) is 4.50. The van der Waals surface area contributed by atoms with Gasteiger partial charge in [0, 0.05) is 11.5 Å². The van der Waals surface area contributed by atoms with Gasteiger partial charge in [0.25, 0.3) is 0 Å². The minimum Gasteiger partial charge on any atom is -0.423 e. The molecule has 0 saturated carbocycles. The number of carbonyl (C=O) groups excluding carboxylic acids is 1. The van der Waals surface area contributed by atoms with Gasteiger partial charge in [-0.1, -0.05) is 57.0 Å². The molecule has 2 unspecified atom stereocenters. The van der Waals surface area contributed by atoms with Gasteiger partial charge in [0.05, 0.1) is 11.5 Å². The average Bonchev–Trinajstić information content (AvgIpc) is 2.63. The Labute approximate surface area is 154 Å². The van der Waals surface area contributed by atoms with Crippen molar-refractivity contribution in [2.24, 2.45) is 11.3 Å². The molecule has 2 atom stereocenters. The van der Waals surface area contributed by atoms with E-state index in [2.05, 4.69) is 13.8 Å². The maximum Gasteiger partial charge on any atom is 0.336 e. The summed E-state index contributed by atoms with van der Waals surface area (Å²) in [7, 11) is 0. The fourth-order valence-corrected chi connectivity index (χ4v) is 3.23. The molecular weight excluding hydrogens is 328 g/mol. The molecule has 1 N–H and O–H groups in total. The number of allylic oxidation sites excluding steroid dienone is 1. The van der Waals surface area contributed by atoms with E-state index < -0.39 is 11.5 Å². The third-order valence-corrected chi connectivity index (χ3v) is 4.87. The standard InChI is InChI=1S/C13H22O2.C9H6O2/c1-11(2)6-5-9-13(10-14)8-4-3-7-12(13)15;10-9-6-5-7-3-1-2-4-8(7)11-9/h3,7,10-12,15H,4-6,8-9H2,1-2H3;1-6H. The van der Waals surface area contributed by atoms with E-state index >= 15 is 0 Å². The molecule has 1 aromatic heterocycles. The number of rotatable bonds is 5. The molecule has 0 spiro atoms. The number of aliphatic hydroxyl groups is 1. The zero-order valence-electron chi connectivity index (χ0n) is 15.6. The number of aliphatic hydroxyl groups excluding tert-OH is 1. The summed E-state index contributed by atoms with van der Waals surface area (Å²) in [5.74, 6) is 0.671. The van der Waals surface area contributed by atoms with Crippen molar-refractivity contribution in [1.29, 1.82) is 0 Å². The molecule has 4 nitrogen and oxygen atoms in total. The molecule has 0 aliphatic heterocycles. The molecule has 2 aromatic rings. The Morgan fingerprint density at radius 1 is 1.27 bits per heavy atom. The molecule has 26 heavy (non-hydrogen) atoms. The predicted molar refractivity (Wildman–Crippen MR) is 104 cm³/mol. The number of hydrogen-bond donors (Lipinski definition) is 1. The van der Waals surface area contributed by atoms with Crippen LogP contribution in [-0.4, -0.2) is 17.5 Å². The number of hydrogen-bond acceptors (Lipinski definition) is 4. The molecule has 1 heterocycles. The Morgan fingerprint density at radius 3 is 2.73 bits per heavy atom. The van der Waals surface area contributed by atoms with Crippen LogP contribution in [0.25, 0.3) is 11.0 Å². The normalized spacial score (nSPS) is 22.1. The highest BCUT2D eigenvalue weighted by Crippen LogP contribution is 2.36. The second kappa shape index (κ2) is 9.48. The van der Waals surface area contributed by atoms with Crippen LogP contribution in [0.15, 0.2) is 57.8 Å². The molecule has 1 aromatic carbocycles. The SMILES string of the molecule is CC(C)CCCC1(C=O)CCC=CC1O.O=c1ccc2ccccc2o1. The highest BCUT2D eigenvalue weighted by Gasteiger charge is 2.36. The largest absolute Gasteiger partial charge is 0.423 e. The molecule has 4 heteroatoms. The van der Waals surface area contributed by atoms with Crippen molar-refractivity contribution in [3.63, 3.8) is 0 Å². The Bertz CT molecular complexity index is 790. The van der Waals surface area contributed by atoms with Crippen molar-refractivity contribution >= 4 is 17.3 Å². The first-order valence-electron chi connectivity index (χ1n) is 9.27. The van der Waals surface area contributed by atoms with Gasteiger partial charge < -0.3 is 14.3 Å². The molecular formula is C22H28O4. The van der Waals surface area contributed by atoms with Crippen molar-refractivity contribution in [2.45, 2.75) is 52.1 Å². The number of carbonyl (C=O) groups is 1. The van der Waals surface area contributed by atoms with E-state index in [1.807, 2.05) is 24.3 Å². The summed E-state index contributed by atoms with van der Waals surface area (Å²) in [6, 6.07) is 10.6. The van der Waals surface area contributed by atoms with Crippen LogP contribution in [0.4, 0.5) is 0 Å². The topological polar surface area (TPSA) is 67.5 Å². The van der Waals surface area contributed by atoms with Crippen LogP contribution in [0, 0.1) is 11.3 Å². The molecule has 3 rings (SSSR count). The first kappa shape index (κ1) is 20.1. The monoisotopic (exact) mass is 356 g/mol. The zero-order chi connectivity index (χ0) is 19.0. The quantitative estimate of drug-likeness (QED) is 0.486. The van der Waals surface area contributed by atoms with Gasteiger partial charge in [-0.2, -0.15) is 0 Å². The minimum absolute atomic E-state index is 0.302. The van der Waals surface area contributed by atoms with Crippen molar-refractivity contribution < 1.29 is 14.3 Å². The van der Waals surface area contributed by atoms with Crippen molar-refractivity contribution in [2.75, 3.05) is 0 Å². The third-order valence-electron chi connectivity index (χ3n) is 4.87. The van der Waals surface area contributed by atoms with Crippen LogP contribution < -0.4 is 5.63 Å². The average molecular weight is 356 g/mol. The summed E-state index contributed by atoms with van der Waals surface area (Å²) in [5, 5.41) is 10.8. The number of para-hydroxylation sites is 1. The lowest BCUT2D eigenvalue weighted by Gasteiger charge is -2.34. The van der Waals surface area contributed by atoms with Crippen molar-refractivity contribution in [3.8, 4) is 0 Å². The van der Waals surface area contributed by atoms with Gasteiger partial charge in [-0.25, -0.2) is 4.79 Å². The fraction of sp³-hybridized carbons (Fsp3) is 0.455. The highest BCUT2D eigenvalue weighted by atomic mass is 16.4. The van der Waals surface area contributed by atoms with Gasteiger partial charge >= 0.3 is 5.63 Å². The number of benzene rings is 1. The second-order valence-electron chi connectivity index (χ2n) is 7.34. The van der Waals surface area contributed by atoms with Crippen LogP contribution in [0.2, 0.25) is 0 Å². The highest BCUT2D eigenvalue weighted by molar-refractivity contribution is 5.75. The van der Waals surface area contributed by atoms with Crippen LogP contribution in [0.3, 0.4) is 0 Å². The number of fused-ring (bicyclic) bond motifs is 1. The Kier molecular flexibility index (Phi) is 7.34. The number of aldehydes is 1. The minimum atomic E-state index is -0.573. The molecule has 0 saturated heterocycles. The van der Waals surface area contributed by atoms with E-state index in [0.29, 0.717) is 11.5 Å². The molecule has 0 radical (unpaired) electrons. The van der Waals surface area contributed by atoms with E-state index in [4.69, 9.17) is 4.42 Å². The van der Waals surface area contributed by atoms with Gasteiger partial charge in [-0.15, -0.1) is 0 Å². The van der Waals surface area contributed by atoms with E-state index in [9.17, 15) is 14.7 Å². The van der Waals surface area contributed by atoms with Crippen LogP contribution >= 0.6 is 0 Å². The fourth-order valence-electron chi connectivity index (χ4n) is 3.23. The summed E-state index contributed by atoms with van der Waals surface area (Å²) in [6.45, 7) is 4.37. The molecule has 0 amide bonds. The van der Waals surface area contributed by atoms with Crippen LogP contribution in [0.1, 0.15) is 46.0 Å². The first-order chi connectivity index (χ1) is 12.5. The lowest BCUT2D eigenvalue weighted by atomic mass is 9.72. The summed E-state index contributed by atoms with van der Waals surface area (Å²) in [5.41, 5.74) is -0.160. The lowest BCUT2D eigenvalue weighted by molar-refractivity contribution is -0.122. The van der Waals surface area contributed by atoms with Gasteiger partial charge in [0.15, 0.2) is 0 Å². The summed E-state index contributed by atoms with van der Waals surface area (Å²) < 4.78 is 4.91. The van der Waals surface area contributed by atoms with Crippen molar-refractivity contribution in [3.05, 3.63) is 59.0 Å². The molecule has 0 fully saturated rings. The van der Waals surface area contributed by atoms with E-state index in [1.165, 1.54) is 6.07 Å². The lowest BCUT2D eigenvalue weighted by Crippen LogP contribution is -2.37. The first-order valence-corrected chi connectivity index (χ1v) is 9.27. The smallest absolute Gasteiger partial charge is 0.336 e. The van der Waals surface area contributed by atoms with Gasteiger partial charge in [-0.3, -0.25) is 0 Å². The summed E-state index contributed by atoms with van der Waals surface area (Å²) >= 11 is 0. The molecule has 0 bridgehead atoms. The molecule has 1 aliphatic rings. The Morgan fingerprint density at radius 2 is 2.04 bits per heavy atom. The molecule has 140 valence electrons. The Balaban J connectivity index is 0.000000195. The third kappa shape index (κ3) is 5.40. The molecule has 1 aliphatic carbocycles. The second-order valence-corrected chi connectivity index (χ2v) is 7.34. The van der Waals surface area contributed by atoms with Crippen molar-refractivity contribution in [1.82, 2.24) is 0 Å². The van der Waals surface area contributed by atoms with E-state index in [1.54, 1.807) is 18.2 Å². The van der Waals surface area contributed by atoms with Gasteiger partial charge in [0.2, 0.25) is 0 Å².